The van der Waals surface area contributed by atoms with Gasteiger partial charge in [0.15, 0.2) is 0 Å². The molecular weight excluding hydrogens is 420 g/mol. The van der Waals surface area contributed by atoms with Crippen molar-refractivity contribution in [2.45, 2.75) is 23.8 Å². The molecule has 8 heteroatoms. The van der Waals surface area contributed by atoms with Crippen LogP contribution in [0.15, 0.2) is 64.0 Å². The molecule has 0 aliphatic carbocycles. The largest absolute Gasteiger partial charge is 0.396 e. The van der Waals surface area contributed by atoms with Gasteiger partial charge < -0.3 is 10.4 Å². The lowest BCUT2D eigenvalue weighted by molar-refractivity contribution is -0.122. The minimum atomic E-state index is -3.85. The van der Waals surface area contributed by atoms with E-state index in [-0.39, 0.29) is 24.5 Å². The van der Waals surface area contributed by atoms with E-state index in [0.29, 0.717) is 6.42 Å². The van der Waals surface area contributed by atoms with E-state index in [1.807, 2.05) is 30.3 Å². The molecule has 26 heavy (non-hydrogen) atoms. The smallest absolute Gasteiger partial charge is 0.241 e. The topological polar surface area (TPSA) is 95.5 Å². The Labute approximate surface area is 161 Å². The first-order valence-corrected chi connectivity index (χ1v) is 10.4. The third kappa shape index (κ3) is 6.21. The molecule has 0 heterocycles. The van der Waals surface area contributed by atoms with E-state index < -0.39 is 22.0 Å². The number of aliphatic hydroxyl groups is 1. The number of sulfonamides is 1. The highest BCUT2D eigenvalue weighted by atomic mass is 79.9. The Morgan fingerprint density at radius 2 is 1.73 bits per heavy atom. The summed E-state index contributed by atoms with van der Waals surface area (Å²) in [7, 11) is -3.85. The first-order chi connectivity index (χ1) is 12.4. The first-order valence-electron chi connectivity index (χ1n) is 8.13. The second kappa shape index (κ2) is 9.82. The minimum Gasteiger partial charge on any atom is -0.396 e. The van der Waals surface area contributed by atoms with Crippen molar-refractivity contribution in [3.63, 3.8) is 0 Å². The van der Waals surface area contributed by atoms with Crippen molar-refractivity contribution >= 4 is 31.9 Å². The second-order valence-electron chi connectivity index (χ2n) is 5.69. The maximum atomic E-state index is 12.6. The van der Waals surface area contributed by atoms with Gasteiger partial charge in [0.05, 0.1) is 4.90 Å². The van der Waals surface area contributed by atoms with Gasteiger partial charge in [0.1, 0.15) is 6.04 Å². The fraction of sp³-hybridized carbons (Fsp3) is 0.278. The van der Waals surface area contributed by atoms with Crippen LogP contribution in [0.2, 0.25) is 0 Å². The molecule has 0 aliphatic heterocycles. The van der Waals surface area contributed by atoms with Crippen LogP contribution < -0.4 is 10.0 Å². The van der Waals surface area contributed by atoms with Crippen molar-refractivity contribution in [1.82, 2.24) is 10.0 Å². The molecule has 0 saturated carbocycles. The monoisotopic (exact) mass is 440 g/mol. The summed E-state index contributed by atoms with van der Waals surface area (Å²) in [5.41, 5.74) is 0.841. The number of hydrogen-bond acceptors (Lipinski definition) is 4. The van der Waals surface area contributed by atoms with Crippen molar-refractivity contribution < 1.29 is 18.3 Å². The molecule has 0 fully saturated rings. The fourth-order valence-electron chi connectivity index (χ4n) is 2.32. The summed E-state index contributed by atoms with van der Waals surface area (Å²) in [4.78, 5) is 12.5. The Hall–Kier alpha value is -1.74. The lowest BCUT2D eigenvalue weighted by atomic mass is 10.1. The lowest BCUT2D eigenvalue weighted by Crippen LogP contribution is -2.48. The van der Waals surface area contributed by atoms with Crippen LogP contribution in [0.3, 0.4) is 0 Å². The van der Waals surface area contributed by atoms with Crippen LogP contribution in [0.5, 0.6) is 0 Å². The Morgan fingerprint density at radius 1 is 1.08 bits per heavy atom. The molecule has 1 amide bonds. The molecule has 2 rings (SSSR count). The standard InChI is InChI=1S/C18H21BrN2O4S/c19-15-7-9-16(10-8-15)26(24,25)21-17(18(23)20-11-4-12-22)13-14-5-2-1-3-6-14/h1-3,5-10,17,21-22H,4,11-13H2,(H,20,23)/t17-/m1/s1. The Balaban J connectivity index is 2.19. The van der Waals surface area contributed by atoms with Crippen LogP contribution in [-0.2, 0) is 21.2 Å². The zero-order valence-electron chi connectivity index (χ0n) is 14.1. The van der Waals surface area contributed by atoms with Crippen LogP contribution >= 0.6 is 15.9 Å². The van der Waals surface area contributed by atoms with Crippen molar-refractivity contribution in [2.24, 2.45) is 0 Å². The Morgan fingerprint density at radius 3 is 2.35 bits per heavy atom. The van der Waals surface area contributed by atoms with Gasteiger partial charge in [0.2, 0.25) is 15.9 Å². The number of rotatable bonds is 9. The van der Waals surface area contributed by atoms with Crippen LogP contribution in [0.1, 0.15) is 12.0 Å². The van der Waals surface area contributed by atoms with E-state index >= 15 is 0 Å². The predicted octanol–water partition coefficient (Wildman–Crippen LogP) is 1.84. The van der Waals surface area contributed by atoms with Crippen LogP contribution in [0, 0.1) is 0 Å². The number of carbonyl (C=O) groups is 1. The normalized spacial score (nSPS) is 12.5. The minimum absolute atomic E-state index is 0.0474. The molecule has 140 valence electrons. The van der Waals surface area contributed by atoms with Crippen LogP contribution in [0.4, 0.5) is 0 Å². The molecule has 1 atom stereocenters. The third-order valence-electron chi connectivity index (χ3n) is 3.65. The van der Waals surface area contributed by atoms with Gasteiger partial charge in [-0.05, 0) is 42.7 Å². The molecule has 2 aromatic rings. The highest BCUT2D eigenvalue weighted by molar-refractivity contribution is 9.10. The van der Waals surface area contributed by atoms with E-state index in [2.05, 4.69) is 26.0 Å². The number of hydrogen-bond donors (Lipinski definition) is 3. The maximum Gasteiger partial charge on any atom is 0.241 e. The van der Waals surface area contributed by atoms with Crippen molar-refractivity contribution in [1.29, 1.82) is 0 Å². The first kappa shape index (κ1) is 20.6. The van der Waals surface area contributed by atoms with Gasteiger partial charge in [-0.1, -0.05) is 46.3 Å². The molecule has 0 aliphatic rings. The average molecular weight is 441 g/mol. The van der Waals surface area contributed by atoms with Crippen molar-refractivity contribution in [3.05, 3.63) is 64.6 Å². The second-order valence-corrected chi connectivity index (χ2v) is 8.32. The number of nitrogens with one attached hydrogen (secondary N) is 2. The molecule has 0 bridgehead atoms. The molecule has 0 radical (unpaired) electrons. The van der Waals surface area contributed by atoms with E-state index in [1.165, 1.54) is 12.1 Å². The van der Waals surface area contributed by atoms with Crippen LogP contribution in [-0.4, -0.2) is 38.6 Å². The number of benzene rings is 2. The highest BCUT2D eigenvalue weighted by Crippen LogP contribution is 2.15. The molecule has 0 saturated heterocycles. The van der Waals surface area contributed by atoms with Gasteiger partial charge in [-0.3, -0.25) is 4.79 Å². The molecule has 0 unspecified atom stereocenters. The molecule has 3 N–H and O–H groups in total. The summed E-state index contributed by atoms with van der Waals surface area (Å²) in [6.45, 7) is 0.231. The zero-order valence-corrected chi connectivity index (χ0v) is 16.5. The van der Waals surface area contributed by atoms with Gasteiger partial charge in [0, 0.05) is 17.6 Å². The summed E-state index contributed by atoms with van der Waals surface area (Å²) in [5, 5.41) is 11.5. The van der Waals surface area contributed by atoms with E-state index in [1.54, 1.807) is 12.1 Å². The van der Waals surface area contributed by atoms with Gasteiger partial charge in [-0.15, -0.1) is 0 Å². The maximum absolute atomic E-state index is 12.6. The van der Waals surface area contributed by atoms with E-state index in [4.69, 9.17) is 5.11 Å². The quantitative estimate of drug-likeness (QED) is 0.518. The summed E-state index contributed by atoms with van der Waals surface area (Å²) in [6, 6.07) is 14.4. The summed E-state index contributed by atoms with van der Waals surface area (Å²) >= 11 is 3.27. The number of amides is 1. The molecule has 0 aromatic heterocycles. The van der Waals surface area contributed by atoms with Crippen molar-refractivity contribution in [3.8, 4) is 0 Å². The molecule has 0 spiro atoms. The Kier molecular flexibility index (Phi) is 7.77. The van der Waals surface area contributed by atoms with E-state index in [0.717, 1.165) is 10.0 Å². The fourth-order valence-corrected chi connectivity index (χ4v) is 3.78. The number of carbonyl (C=O) groups excluding carboxylic acids is 1. The SMILES string of the molecule is O=C(NCCCO)[C@@H](Cc1ccccc1)NS(=O)(=O)c1ccc(Br)cc1. The van der Waals surface area contributed by atoms with Crippen molar-refractivity contribution in [2.75, 3.05) is 13.2 Å². The van der Waals surface area contributed by atoms with Gasteiger partial charge >= 0.3 is 0 Å². The van der Waals surface area contributed by atoms with Gasteiger partial charge in [-0.2, -0.15) is 4.72 Å². The van der Waals surface area contributed by atoms with E-state index in [9.17, 15) is 13.2 Å². The number of halogens is 1. The third-order valence-corrected chi connectivity index (χ3v) is 5.67. The zero-order chi connectivity index (χ0) is 19.0. The predicted molar refractivity (Wildman–Crippen MR) is 103 cm³/mol. The number of aliphatic hydroxyl groups excluding tert-OH is 1. The molecular formula is C18H21BrN2O4S. The van der Waals surface area contributed by atoms with Gasteiger partial charge in [0.25, 0.3) is 0 Å². The summed E-state index contributed by atoms with van der Waals surface area (Å²) in [6.07, 6.45) is 0.630. The summed E-state index contributed by atoms with van der Waals surface area (Å²) < 4.78 is 28.5. The van der Waals surface area contributed by atoms with Crippen LogP contribution in [0.25, 0.3) is 0 Å². The molecule has 2 aromatic carbocycles. The highest BCUT2D eigenvalue weighted by Gasteiger charge is 2.25. The molecule has 6 nitrogen and oxygen atoms in total. The Bertz CT molecular complexity index is 811. The average Bonchev–Trinajstić information content (AvgIpc) is 2.62. The lowest BCUT2D eigenvalue weighted by Gasteiger charge is -2.19. The summed E-state index contributed by atoms with van der Waals surface area (Å²) in [5.74, 6) is -0.428. The van der Waals surface area contributed by atoms with Gasteiger partial charge in [-0.25, -0.2) is 8.42 Å².